The Balaban J connectivity index is 2.01. The van der Waals surface area contributed by atoms with E-state index in [2.05, 4.69) is 13.8 Å². The second-order valence-corrected chi connectivity index (χ2v) is 6.43. The van der Waals surface area contributed by atoms with E-state index < -0.39 is 0 Å². The molecule has 1 unspecified atom stereocenters. The van der Waals surface area contributed by atoms with E-state index in [1.165, 1.54) is 12.8 Å². The van der Waals surface area contributed by atoms with E-state index in [1.54, 1.807) is 0 Å². The number of aliphatic hydroxyl groups is 1. The van der Waals surface area contributed by atoms with Gasteiger partial charge in [-0.2, -0.15) is 0 Å². The van der Waals surface area contributed by atoms with Crippen LogP contribution in [0.2, 0.25) is 5.02 Å². The van der Waals surface area contributed by atoms with E-state index in [4.69, 9.17) is 11.6 Å². The lowest BCUT2D eigenvalue weighted by Gasteiger charge is -2.36. The largest absolute Gasteiger partial charge is 0.388 e. The molecular formula is C15H21ClO. The van der Waals surface area contributed by atoms with E-state index in [-0.39, 0.29) is 6.10 Å². The molecule has 0 bridgehead atoms. The van der Waals surface area contributed by atoms with Gasteiger partial charge in [-0.15, -0.1) is 0 Å². The SMILES string of the molecule is CC1(C)CCC(C(O)c2ccc(Cl)cc2)CC1. The van der Waals surface area contributed by atoms with Crippen molar-refractivity contribution < 1.29 is 5.11 Å². The second-order valence-electron chi connectivity index (χ2n) is 6.00. The first-order valence-electron chi connectivity index (χ1n) is 6.41. The van der Waals surface area contributed by atoms with Crippen LogP contribution in [0, 0.1) is 11.3 Å². The minimum absolute atomic E-state index is 0.330. The topological polar surface area (TPSA) is 20.2 Å². The van der Waals surface area contributed by atoms with Gasteiger partial charge in [0.15, 0.2) is 0 Å². The molecule has 0 aromatic heterocycles. The lowest BCUT2D eigenvalue weighted by molar-refractivity contribution is 0.0567. The Morgan fingerprint density at radius 1 is 1.18 bits per heavy atom. The molecule has 0 saturated heterocycles. The third kappa shape index (κ3) is 3.23. The van der Waals surface area contributed by atoms with Crippen molar-refractivity contribution in [1.29, 1.82) is 0 Å². The highest BCUT2D eigenvalue weighted by Crippen LogP contribution is 2.42. The predicted molar refractivity (Wildman–Crippen MR) is 72.2 cm³/mol. The van der Waals surface area contributed by atoms with Crippen molar-refractivity contribution in [3.63, 3.8) is 0 Å². The first-order chi connectivity index (χ1) is 7.98. The van der Waals surface area contributed by atoms with Crippen LogP contribution in [0.1, 0.15) is 51.2 Å². The van der Waals surface area contributed by atoms with Crippen LogP contribution in [0.25, 0.3) is 0 Å². The van der Waals surface area contributed by atoms with Crippen LogP contribution in [-0.4, -0.2) is 5.11 Å². The van der Waals surface area contributed by atoms with Crippen LogP contribution in [0.5, 0.6) is 0 Å². The molecule has 1 atom stereocenters. The van der Waals surface area contributed by atoms with E-state index in [0.717, 1.165) is 23.4 Å². The lowest BCUT2D eigenvalue weighted by Crippen LogP contribution is -2.25. The smallest absolute Gasteiger partial charge is 0.0818 e. The molecule has 0 heterocycles. The van der Waals surface area contributed by atoms with Gasteiger partial charge in [-0.1, -0.05) is 37.6 Å². The van der Waals surface area contributed by atoms with E-state index in [0.29, 0.717) is 11.3 Å². The third-order valence-electron chi connectivity index (χ3n) is 4.04. The quantitative estimate of drug-likeness (QED) is 0.816. The Morgan fingerprint density at radius 3 is 2.24 bits per heavy atom. The second kappa shape index (κ2) is 4.99. The summed E-state index contributed by atoms with van der Waals surface area (Å²) < 4.78 is 0. The molecule has 1 aromatic carbocycles. The Morgan fingerprint density at radius 2 is 1.71 bits per heavy atom. The summed E-state index contributed by atoms with van der Waals surface area (Å²) in [5.74, 6) is 0.407. The zero-order valence-corrected chi connectivity index (χ0v) is 11.4. The summed E-state index contributed by atoms with van der Waals surface area (Å²) in [7, 11) is 0. The molecule has 0 spiro atoms. The van der Waals surface area contributed by atoms with Gasteiger partial charge in [0.05, 0.1) is 6.10 Å². The van der Waals surface area contributed by atoms with Gasteiger partial charge >= 0.3 is 0 Å². The maximum atomic E-state index is 10.4. The third-order valence-corrected chi connectivity index (χ3v) is 4.29. The van der Waals surface area contributed by atoms with Gasteiger partial charge < -0.3 is 5.11 Å². The van der Waals surface area contributed by atoms with Crippen LogP contribution in [0.3, 0.4) is 0 Å². The van der Waals surface area contributed by atoms with Gasteiger partial charge in [0.1, 0.15) is 0 Å². The van der Waals surface area contributed by atoms with Crippen LogP contribution in [0.15, 0.2) is 24.3 Å². The van der Waals surface area contributed by atoms with Gasteiger partial charge in [0.25, 0.3) is 0 Å². The number of benzene rings is 1. The zero-order chi connectivity index (χ0) is 12.5. The maximum Gasteiger partial charge on any atom is 0.0818 e. The summed E-state index contributed by atoms with van der Waals surface area (Å²) in [6, 6.07) is 7.58. The maximum absolute atomic E-state index is 10.4. The van der Waals surface area contributed by atoms with Crippen LogP contribution >= 0.6 is 11.6 Å². The normalized spacial score (nSPS) is 22.4. The van der Waals surface area contributed by atoms with Crippen molar-refractivity contribution in [3.05, 3.63) is 34.9 Å². The average Bonchev–Trinajstić information content (AvgIpc) is 2.29. The summed E-state index contributed by atoms with van der Waals surface area (Å²) in [6.45, 7) is 4.63. The van der Waals surface area contributed by atoms with Crippen molar-refractivity contribution in [1.82, 2.24) is 0 Å². The molecule has 1 fully saturated rings. The van der Waals surface area contributed by atoms with E-state index in [1.807, 2.05) is 24.3 Å². The fourth-order valence-corrected chi connectivity index (χ4v) is 2.80. The summed E-state index contributed by atoms with van der Waals surface area (Å²) in [5, 5.41) is 11.1. The lowest BCUT2D eigenvalue weighted by atomic mass is 9.71. The number of hydrogen-bond acceptors (Lipinski definition) is 1. The molecule has 1 nitrogen and oxygen atoms in total. The van der Waals surface area contributed by atoms with Gasteiger partial charge in [0.2, 0.25) is 0 Å². The molecule has 1 aliphatic carbocycles. The van der Waals surface area contributed by atoms with Crippen LogP contribution in [-0.2, 0) is 0 Å². The minimum atomic E-state index is -0.330. The summed E-state index contributed by atoms with van der Waals surface area (Å²) in [5.41, 5.74) is 1.45. The van der Waals surface area contributed by atoms with Crippen LogP contribution < -0.4 is 0 Å². The molecule has 17 heavy (non-hydrogen) atoms. The van der Waals surface area contributed by atoms with E-state index in [9.17, 15) is 5.11 Å². The molecule has 94 valence electrons. The highest BCUT2D eigenvalue weighted by atomic mass is 35.5. The van der Waals surface area contributed by atoms with Crippen molar-refractivity contribution in [2.24, 2.45) is 11.3 Å². The Bertz CT molecular complexity index is 359. The molecule has 0 radical (unpaired) electrons. The number of halogens is 1. The summed E-state index contributed by atoms with van der Waals surface area (Å²) in [6.07, 6.45) is 4.33. The highest BCUT2D eigenvalue weighted by Gasteiger charge is 2.31. The minimum Gasteiger partial charge on any atom is -0.388 e. The van der Waals surface area contributed by atoms with Gasteiger partial charge in [-0.25, -0.2) is 0 Å². The predicted octanol–water partition coefficient (Wildman–Crippen LogP) is 4.59. The number of aliphatic hydroxyl groups excluding tert-OH is 1. The molecule has 1 saturated carbocycles. The molecule has 2 heteroatoms. The molecule has 0 amide bonds. The average molecular weight is 253 g/mol. The van der Waals surface area contributed by atoms with Crippen LogP contribution in [0.4, 0.5) is 0 Å². The summed E-state index contributed by atoms with van der Waals surface area (Å²) >= 11 is 5.86. The number of hydrogen-bond donors (Lipinski definition) is 1. The Kier molecular flexibility index (Phi) is 3.79. The first kappa shape index (κ1) is 12.9. The molecule has 0 aliphatic heterocycles. The molecular weight excluding hydrogens is 232 g/mol. The van der Waals surface area contributed by atoms with Gasteiger partial charge in [0, 0.05) is 5.02 Å². The van der Waals surface area contributed by atoms with Gasteiger partial charge in [-0.05, 0) is 54.7 Å². The van der Waals surface area contributed by atoms with E-state index >= 15 is 0 Å². The highest BCUT2D eigenvalue weighted by molar-refractivity contribution is 6.30. The molecule has 1 aromatic rings. The molecule has 2 rings (SSSR count). The van der Waals surface area contributed by atoms with Crippen molar-refractivity contribution in [3.8, 4) is 0 Å². The van der Waals surface area contributed by atoms with Crippen molar-refractivity contribution in [2.45, 2.75) is 45.6 Å². The first-order valence-corrected chi connectivity index (χ1v) is 6.79. The van der Waals surface area contributed by atoms with Crippen molar-refractivity contribution in [2.75, 3.05) is 0 Å². The summed E-state index contributed by atoms with van der Waals surface area (Å²) in [4.78, 5) is 0. The molecule has 1 N–H and O–H groups in total. The van der Waals surface area contributed by atoms with Crippen molar-refractivity contribution >= 4 is 11.6 Å². The Hall–Kier alpha value is -0.530. The standard InChI is InChI=1S/C15H21ClO/c1-15(2)9-7-12(8-10-15)14(17)11-3-5-13(16)6-4-11/h3-6,12,14,17H,7-10H2,1-2H3. The zero-order valence-electron chi connectivity index (χ0n) is 10.6. The monoisotopic (exact) mass is 252 g/mol. The fraction of sp³-hybridized carbons (Fsp3) is 0.600. The number of rotatable bonds is 2. The fourth-order valence-electron chi connectivity index (χ4n) is 2.67. The van der Waals surface area contributed by atoms with Gasteiger partial charge in [-0.3, -0.25) is 0 Å². The Labute approximate surface area is 109 Å². The molecule has 1 aliphatic rings.